The fraction of sp³-hybridized carbons (Fsp3) is 0.250. The van der Waals surface area contributed by atoms with Gasteiger partial charge < -0.3 is 14.2 Å². The molecule has 0 fully saturated rings. The summed E-state index contributed by atoms with van der Waals surface area (Å²) in [6, 6.07) is 35.8. The summed E-state index contributed by atoms with van der Waals surface area (Å²) < 4.78 is 16.6. The maximum Gasteiger partial charge on any atom is 0.119 e. The van der Waals surface area contributed by atoms with Crippen LogP contribution < -0.4 is 14.2 Å². The van der Waals surface area contributed by atoms with Gasteiger partial charge in [-0.2, -0.15) is 0 Å². The summed E-state index contributed by atoms with van der Waals surface area (Å²) in [5.41, 5.74) is 5.19. The van der Waals surface area contributed by atoms with Gasteiger partial charge >= 0.3 is 0 Å². The molecule has 0 aliphatic rings. The lowest BCUT2D eigenvalue weighted by atomic mass is 9.87. The molecule has 0 spiro atoms. The number of aryl methyl sites for hydroxylation is 1. The molecule has 0 saturated heterocycles. The van der Waals surface area contributed by atoms with Gasteiger partial charge in [-0.05, 0) is 90.3 Å². The molecule has 0 N–H and O–H groups in total. The maximum atomic E-state index is 5.97. The molecule has 0 amide bonds. The molecule has 35 heavy (non-hydrogen) atoms. The molecule has 180 valence electrons. The zero-order chi connectivity index (χ0) is 24.3. The second-order valence-corrected chi connectivity index (χ2v) is 8.83. The molecule has 4 aromatic rings. The Kier molecular flexibility index (Phi) is 8.83. The monoisotopic (exact) mass is 466 g/mol. The predicted octanol–water partition coefficient (Wildman–Crippen LogP) is 7.63. The van der Waals surface area contributed by atoms with Crippen LogP contribution in [-0.2, 0) is 19.4 Å². The minimum atomic E-state index is 0.440. The van der Waals surface area contributed by atoms with Crippen molar-refractivity contribution in [1.29, 1.82) is 0 Å². The zero-order valence-electron chi connectivity index (χ0n) is 20.7. The second kappa shape index (κ2) is 12.7. The molecule has 3 nitrogen and oxygen atoms in total. The highest BCUT2D eigenvalue weighted by molar-refractivity contribution is 5.33. The lowest BCUT2D eigenvalue weighted by Crippen LogP contribution is -2.05. The van der Waals surface area contributed by atoms with Crippen LogP contribution in [0.2, 0.25) is 0 Å². The SMILES string of the molecule is COc1ccc(CCCC(Cc2ccc(OCc3ccccc3)cc2)c2ccc(OC)cc2)cc1. The lowest BCUT2D eigenvalue weighted by molar-refractivity contribution is 0.306. The van der Waals surface area contributed by atoms with E-state index in [9.17, 15) is 0 Å². The Morgan fingerprint density at radius 3 is 1.77 bits per heavy atom. The molecule has 0 aromatic heterocycles. The predicted molar refractivity (Wildman–Crippen MR) is 143 cm³/mol. The summed E-state index contributed by atoms with van der Waals surface area (Å²) in [5, 5.41) is 0. The fourth-order valence-corrected chi connectivity index (χ4v) is 4.35. The van der Waals surface area contributed by atoms with Gasteiger partial charge in [0.2, 0.25) is 0 Å². The number of methoxy groups -OCH3 is 2. The first-order valence-electron chi connectivity index (χ1n) is 12.3. The molecule has 4 aromatic carbocycles. The van der Waals surface area contributed by atoms with Gasteiger partial charge in [-0.25, -0.2) is 0 Å². The number of hydrogen-bond donors (Lipinski definition) is 0. The number of rotatable bonds is 12. The minimum Gasteiger partial charge on any atom is -0.497 e. The molecule has 0 radical (unpaired) electrons. The topological polar surface area (TPSA) is 27.7 Å². The molecule has 4 rings (SSSR count). The first-order chi connectivity index (χ1) is 17.2. The van der Waals surface area contributed by atoms with E-state index in [1.807, 2.05) is 30.3 Å². The number of ether oxygens (including phenoxy) is 3. The van der Waals surface area contributed by atoms with Gasteiger partial charge in [0.25, 0.3) is 0 Å². The van der Waals surface area contributed by atoms with Gasteiger partial charge in [-0.3, -0.25) is 0 Å². The first kappa shape index (κ1) is 24.4. The fourth-order valence-electron chi connectivity index (χ4n) is 4.35. The highest BCUT2D eigenvalue weighted by Crippen LogP contribution is 2.29. The van der Waals surface area contributed by atoms with E-state index in [0.717, 1.165) is 42.9 Å². The average Bonchev–Trinajstić information content (AvgIpc) is 2.93. The summed E-state index contributed by atoms with van der Waals surface area (Å²) in [6.07, 6.45) is 4.29. The van der Waals surface area contributed by atoms with Gasteiger partial charge in [0.05, 0.1) is 14.2 Å². The average molecular weight is 467 g/mol. The highest BCUT2D eigenvalue weighted by Gasteiger charge is 2.13. The Hall–Kier alpha value is -3.72. The first-order valence-corrected chi connectivity index (χ1v) is 12.3. The van der Waals surface area contributed by atoms with Gasteiger partial charge in [-0.1, -0.05) is 66.7 Å². The Morgan fingerprint density at radius 1 is 0.571 bits per heavy atom. The molecule has 0 saturated carbocycles. The van der Waals surface area contributed by atoms with Crippen LogP contribution in [0.25, 0.3) is 0 Å². The van der Waals surface area contributed by atoms with Crippen LogP contribution in [0.1, 0.15) is 41.0 Å². The maximum absolute atomic E-state index is 5.97. The minimum absolute atomic E-state index is 0.440. The van der Waals surface area contributed by atoms with Crippen molar-refractivity contribution in [3.05, 3.63) is 125 Å². The van der Waals surface area contributed by atoms with Crippen molar-refractivity contribution in [2.75, 3.05) is 14.2 Å². The molecule has 0 heterocycles. The van der Waals surface area contributed by atoms with Gasteiger partial charge in [-0.15, -0.1) is 0 Å². The molecule has 0 aliphatic carbocycles. The van der Waals surface area contributed by atoms with Crippen molar-refractivity contribution in [2.24, 2.45) is 0 Å². The van der Waals surface area contributed by atoms with E-state index in [2.05, 4.69) is 72.8 Å². The number of benzene rings is 4. The van der Waals surface area contributed by atoms with Crippen molar-refractivity contribution >= 4 is 0 Å². The third-order valence-electron chi connectivity index (χ3n) is 6.42. The van der Waals surface area contributed by atoms with Crippen molar-refractivity contribution in [3.63, 3.8) is 0 Å². The largest absolute Gasteiger partial charge is 0.497 e. The smallest absolute Gasteiger partial charge is 0.119 e. The molecule has 0 bridgehead atoms. The molecule has 1 unspecified atom stereocenters. The van der Waals surface area contributed by atoms with Gasteiger partial charge in [0, 0.05) is 0 Å². The van der Waals surface area contributed by atoms with Crippen molar-refractivity contribution < 1.29 is 14.2 Å². The van der Waals surface area contributed by atoms with E-state index in [-0.39, 0.29) is 0 Å². The summed E-state index contributed by atoms with van der Waals surface area (Å²) in [4.78, 5) is 0. The molecule has 0 aliphatic heterocycles. The van der Waals surface area contributed by atoms with Crippen LogP contribution in [0.4, 0.5) is 0 Å². The van der Waals surface area contributed by atoms with Crippen molar-refractivity contribution in [1.82, 2.24) is 0 Å². The van der Waals surface area contributed by atoms with Crippen LogP contribution in [-0.4, -0.2) is 14.2 Å². The van der Waals surface area contributed by atoms with Crippen molar-refractivity contribution in [3.8, 4) is 17.2 Å². The summed E-state index contributed by atoms with van der Waals surface area (Å²) >= 11 is 0. The standard InChI is InChI=1S/C32H34O3/c1-33-30-17-11-25(12-18-30)9-6-10-29(28-15-21-31(34-2)22-16-28)23-26-13-19-32(20-14-26)35-24-27-7-4-3-5-8-27/h3-5,7-8,11-22,29H,6,9-10,23-24H2,1-2H3. The van der Waals surface area contributed by atoms with E-state index in [0.29, 0.717) is 12.5 Å². The van der Waals surface area contributed by atoms with Crippen LogP contribution in [0.5, 0.6) is 17.2 Å². The number of hydrogen-bond acceptors (Lipinski definition) is 3. The Bertz CT molecular complexity index is 1130. The summed E-state index contributed by atoms with van der Waals surface area (Å²) in [5.74, 6) is 3.14. The zero-order valence-corrected chi connectivity index (χ0v) is 20.7. The van der Waals surface area contributed by atoms with E-state index in [1.54, 1.807) is 14.2 Å². The summed E-state index contributed by atoms with van der Waals surface area (Å²) in [7, 11) is 3.42. The Labute approximate surface area is 209 Å². The summed E-state index contributed by atoms with van der Waals surface area (Å²) in [6.45, 7) is 0.583. The van der Waals surface area contributed by atoms with Crippen LogP contribution in [0.15, 0.2) is 103 Å². The molecular weight excluding hydrogens is 432 g/mol. The molecule has 3 heteroatoms. The van der Waals surface area contributed by atoms with Crippen molar-refractivity contribution in [2.45, 2.75) is 38.2 Å². The highest BCUT2D eigenvalue weighted by atomic mass is 16.5. The van der Waals surface area contributed by atoms with Gasteiger partial charge in [0.1, 0.15) is 23.9 Å². The van der Waals surface area contributed by atoms with E-state index < -0.39 is 0 Å². The third-order valence-corrected chi connectivity index (χ3v) is 6.42. The normalized spacial score (nSPS) is 11.6. The lowest BCUT2D eigenvalue weighted by Gasteiger charge is -2.19. The van der Waals surface area contributed by atoms with Gasteiger partial charge in [0.15, 0.2) is 0 Å². The Morgan fingerprint density at radius 2 is 1.14 bits per heavy atom. The molecule has 1 atom stereocenters. The molecular formula is C32H34O3. The van der Waals surface area contributed by atoms with Crippen LogP contribution in [0.3, 0.4) is 0 Å². The third kappa shape index (κ3) is 7.38. The van der Waals surface area contributed by atoms with E-state index in [1.165, 1.54) is 22.3 Å². The Balaban J connectivity index is 1.39. The van der Waals surface area contributed by atoms with Crippen LogP contribution >= 0.6 is 0 Å². The van der Waals surface area contributed by atoms with Crippen LogP contribution in [0, 0.1) is 0 Å². The second-order valence-electron chi connectivity index (χ2n) is 8.83. The van der Waals surface area contributed by atoms with E-state index in [4.69, 9.17) is 14.2 Å². The quantitative estimate of drug-likeness (QED) is 0.215. The van der Waals surface area contributed by atoms with E-state index >= 15 is 0 Å².